The van der Waals surface area contributed by atoms with Crippen LogP contribution < -0.4 is 25.9 Å². The van der Waals surface area contributed by atoms with Gasteiger partial charge in [-0.1, -0.05) is 177 Å². The Balaban J connectivity index is 1.87. The standard InChI is InChI=1S/C37H40O2Si3/c1-4-40(5-2,38-3)39-42(36-27-17-9-18-28-36,37-29-19-10-20-30-37)32-31-41(33-21-11-6-12-22-33,34-23-13-7-14-24-34)35-25-15-8-16-26-35/h6-32H,4-5H2,1-3H3. The highest BCUT2D eigenvalue weighted by molar-refractivity contribution is 7.16. The fraction of sp³-hybridized carbons (Fsp3) is 0.135. The lowest BCUT2D eigenvalue weighted by Gasteiger charge is -2.40. The lowest BCUT2D eigenvalue weighted by Crippen LogP contribution is -2.69. The van der Waals surface area contributed by atoms with Crippen molar-refractivity contribution in [2.24, 2.45) is 0 Å². The fourth-order valence-electron chi connectivity index (χ4n) is 6.03. The molecular weight excluding hydrogens is 561 g/mol. The van der Waals surface area contributed by atoms with E-state index >= 15 is 0 Å². The van der Waals surface area contributed by atoms with Crippen LogP contribution in [-0.4, -0.2) is 32.1 Å². The smallest absolute Gasteiger partial charge is 0.327 e. The molecule has 0 amide bonds. The largest absolute Gasteiger partial charge is 0.425 e. The van der Waals surface area contributed by atoms with Gasteiger partial charge in [0, 0.05) is 7.11 Å². The van der Waals surface area contributed by atoms with E-state index in [9.17, 15) is 0 Å². The Morgan fingerprint density at radius 2 is 0.762 bits per heavy atom. The van der Waals surface area contributed by atoms with Gasteiger partial charge < -0.3 is 8.54 Å². The highest BCUT2D eigenvalue weighted by Crippen LogP contribution is 2.25. The van der Waals surface area contributed by atoms with Gasteiger partial charge in [-0.2, -0.15) is 0 Å². The van der Waals surface area contributed by atoms with E-state index in [1.807, 2.05) is 7.11 Å². The second-order valence-corrected chi connectivity index (χ2v) is 21.7. The van der Waals surface area contributed by atoms with E-state index < -0.39 is 25.0 Å². The van der Waals surface area contributed by atoms with Crippen LogP contribution in [0.15, 0.2) is 163 Å². The molecule has 0 saturated carbocycles. The number of hydrogen-bond donors (Lipinski definition) is 0. The molecule has 5 rings (SSSR count). The quantitative estimate of drug-likeness (QED) is 0.135. The zero-order valence-corrected chi connectivity index (χ0v) is 27.8. The molecule has 5 heteroatoms. The Hall–Kier alpha value is -3.59. The molecule has 5 aromatic carbocycles. The lowest BCUT2D eigenvalue weighted by atomic mass is 10.3. The third-order valence-corrected chi connectivity index (χ3v) is 21.9. The summed E-state index contributed by atoms with van der Waals surface area (Å²) >= 11 is 0. The molecule has 0 radical (unpaired) electrons. The maximum Gasteiger partial charge on any atom is 0.327 e. The molecular formula is C37H40O2Si3. The fourth-order valence-corrected chi connectivity index (χ4v) is 19.9. The van der Waals surface area contributed by atoms with Gasteiger partial charge in [0.2, 0.25) is 0 Å². The van der Waals surface area contributed by atoms with Crippen molar-refractivity contribution in [1.82, 2.24) is 0 Å². The first-order valence-corrected chi connectivity index (χ1v) is 21.1. The summed E-state index contributed by atoms with van der Waals surface area (Å²) in [5.74, 6) is 0. The average molecular weight is 601 g/mol. The Bertz CT molecular complexity index is 1400. The van der Waals surface area contributed by atoms with Gasteiger partial charge in [0.25, 0.3) is 8.32 Å². The van der Waals surface area contributed by atoms with Crippen LogP contribution in [0.3, 0.4) is 0 Å². The molecule has 0 saturated heterocycles. The molecule has 0 bridgehead atoms. The summed E-state index contributed by atoms with van der Waals surface area (Å²) in [7, 11) is -6.30. The first-order valence-electron chi connectivity index (χ1n) is 14.9. The number of benzene rings is 5. The predicted molar refractivity (Wildman–Crippen MR) is 186 cm³/mol. The van der Waals surface area contributed by atoms with Gasteiger partial charge in [0.05, 0.1) is 0 Å². The molecule has 212 valence electrons. The van der Waals surface area contributed by atoms with E-state index in [-0.39, 0.29) is 0 Å². The van der Waals surface area contributed by atoms with Crippen molar-refractivity contribution >= 4 is 50.9 Å². The SMILES string of the molecule is CC[Si](CC)(OC)O[Si](C=C[Si](c1ccccc1)(c1ccccc1)c1ccccc1)(c1ccccc1)c1ccccc1. The summed E-state index contributed by atoms with van der Waals surface area (Å²) in [6.07, 6.45) is 0. The van der Waals surface area contributed by atoms with Crippen molar-refractivity contribution in [3.8, 4) is 0 Å². The van der Waals surface area contributed by atoms with Crippen molar-refractivity contribution < 1.29 is 8.54 Å². The van der Waals surface area contributed by atoms with Crippen molar-refractivity contribution in [2.75, 3.05) is 7.11 Å². The third-order valence-electron chi connectivity index (χ3n) is 8.46. The molecule has 5 aromatic rings. The Morgan fingerprint density at radius 3 is 1.05 bits per heavy atom. The van der Waals surface area contributed by atoms with Crippen LogP contribution in [-0.2, 0) is 8.54 Å². The highest BCUT2D eigenvalue weighted by atomic mass is 28.4. The van der Waals surface area contributed by atoms with E-state index in [2.05, 4.69) is 177 Å². The van der Waals surface area contributed by atoms with Gasteiger partial charge >= 0.3 is 8.56 Å². The van der Waals surface area contributed by atoms with Crippen molar-refractivity contribution in [3.63, 3.8) is 0 Å². The summed E-state index contributed by atoms with van der Waals surface area (Å²) in [6, 6.07) is 56.7. The zero-order valence-electron chi connectivity index (χ0n) is 24.8. The first kappa shape index (κ1) is 29.9. The van der Waals surface area contributed by atoms with Crippen molar-refractivity contribution in [1.29, 1.82) is 0 Å². The molecule has 0 aliphatic carbocycles. The minimum Gasteiger partial charge on any atom is -0.425 e. The Kier molecular flexibility index (Phi) is 9.67. The van der Waals surface area contributed by atoms with E-state index in [4.69, 9.17) is 8.54 Å². The van der Waals surface area contributed by atoms with Gasteiger partial charge in [-0.3, -0.25) is 0 Å². The maximum atomic E-state index is 7.64. The molecule has 0 unspecified atom stereocenters. The van der Waals surface area contributed by atoms with E-state index in [1.165, 1.54) is 25.9 Å². The predicted octanol–water partition coefficient (Wildman–Crippen LogP) is 5.70. The van der Waals surface area contributed by atoms with Crippen LogP contribution in [0.2, 0.25) is 12.1 Å². The second-order valence-electron chi connectivity index (χ2n) is 10.6. The lowest BCUT2D eigenvalue weighted by molar-refractivity contribution is 0.301. The summed E-state index contributed by atoms with van der Waals surface area (Å²) in [5, 5.41) is 6.53. The van der Waals surface area contributed by atoms with Gasteiger partial charge in [-0.05, 0) is 38.0 Å². The normalized spacial score (nSPS) is 12.5. The van der Waals surface area contributed by atoms with Crippen molar-refractivity contribution in [3.05, 3.63) is 163 Å². The van der Waals surface area contributed by atoms with E-state index in [1.54, 1.807) is 0 Å². The minimum atomic E-state index is -2.96. The van der Waals surface area contributed by atoms with Crippen LogP contribution in [0.5, 0.6) is 0 Å². The van der Waals surface area contributed by atoms with Gasteiger partial charge in [-0.25, -0.2) is 0 Å². The van der Waals surface area contributed by atoms with Crippen LogP contribution in [0.1, 0.15) is 13.8 Å². The van der Waals surface area contributed by atoms with E-state index in [0.717, 1.165) is 12.1 Å². The number of hydrogen-bond acceptors (Lipinski definition) is 2. The van der Waals surface area contributed by atoms with Crippen molar-refractivity contribution in [2.45, 2.75) is 25.9 Å². The monoisotopic (exact) mass is 600 g/mol. The van der Waals surface area contributed by atoms with E-state index in [0.29, 0.717) is 0 Å². The molecule has 0 aliphatic rings. The van der Waals surface area contributed by atoms with Gasteiger partial charge in [-0.15, -0.1) is 0 Å². The van der Waals surface area contributed by atoms with Gasteiger partial charge in [0.1, 0.15) is 0 Å². The zero-order chi connectivity index (χ0) is 29.3. The molecule has 0 N–H and O–H groups in total. The second kappa shape index (κ2) is 13.6. The highest BCUT2D eigenvalue weighted by Gasteiger charge is 2.48. The molecule has 0 atom stereocenters. The molecule has 42 heavy (non-hydrogen) atoms. The molecule has 0 spiro atoms. The third kappa shape index (κ3) is 5.84. The Labute approximate surface area is 254 Å². The minimum absolute atomic E-state index is 0.890. The summed E-state index contributed by atoms with van der Waals surface area (Å²) in [6.45, 7) is 4.43. The van der Waals surface area contributed by atoms with Crippen LogP contribution in [0.4, 0.5) is 0 Å². The summed E-state index contributed by atoms with van der Waals surface area (Å²) in [5.41, 5.74) is 5.07. The molecule has 2 nitrogen and oxygen atoms in total. The van der Waals surface area contributed by atoms with Crippen LogP contribution >= 0.6 is 0 Å². The maximum absolute atomic E-state index is 7.64. The number of rotatable bonds is 12. The summed E-state index contributed by atoms with van der Waals surface area (Å²) in [4.78, 5) is 0. The van der Waals surface area contributed by atoms with Crippen LogP contribution in [0, 0.1) is 0 Å². The Morgan fingerprint density at radius 1 is 0.452 bits per heavy atom. The van der Waals surface area contributed by atoms with Crippen LogP contribution in [0.25, 0.3) is 0 Å². The molecule has 0 aromatic heterocycles. The topological polar surface area (TPSA) is 18.5 Å². The molecule has 0 heterocycles. The van der Waals surface area contributed by atoms with Gasteiger partial charge in [0.15, 0.2) is 8.07 Å². The first-order chi connectivity index (χ1) is 20.6. The summed E-state index contributed by atoms with van der Waals surface area (Å²) < 4.78 is 14.0. The molecule has 0 fully saturated rings. The average Bonchev–Trinajstić information content (AvgIpc) is 3.09. The molecule has 0 aliphatic heterocycles.